The van der Waals surface area contributed by atoms with Crippen molar-refractivity contribution < 1.29 is 14.3 Å². The van der Waals surface area contributed by atoms with E-state index in [-0.39, 0.29) is 5.97 Å². The van der Waals surface area contributed by atoms with Crippen LogP contribution >= 0.6 is 0 Å². The zero-order valence-electron chi connectivity index (χ0n) is 15.2. The number of hydrogen-bond acceptors (Lipinski definition) is 7. The summed E-state index contributed by atoms with van der Waals surface area (Å²) in [5, 5.41) is 14.8. The maximum atomic E-state index is 12.5. The number of carbonyl (C=O) groups excluding carboxylic acids is 1. The maximum absolute atomic E-state index is 12.5. The van der Waals surface area contributed by atoms with E-state index in [1.165, 1.54) is 0 Å². The van der Waals surface area contributed by atoms with E-state index in [0.29, 0.717) is 30.4 Å². The number of nitrogens with one attached hydrogen (secondary N) is 1. The third-order valence-electron chi connectivity index (χ3n) is 4.17. The van der Waals surface area contributed by atoms with Crippen LogP contribution in [0.5, 0.6) is 5.75 Å². The first-order valence-corrected chi connectivity index (χ1v) is 8.81. The third-order valence-corrected chi connectivity index (χ3v) is 4.17. The van der Waals surface area contributed by atoms with Gasteiger partial charge in [-0.25, -0.2) is 4.79 Å². The number of benzene rings is 1. The van der Waals surface area contributed by atoms with Crippen LogP contribution in [0.25, 0.3) is 0 Å². The first kappa shape index (κ1) is 17.9. The van der Waals surface area contributed by atoms with Gasteiger partial charge < -0.3 is 14.8 Å². The van der Waals surface area contributed by atoms with Crippen LogP contribution in [0, 0.1) is 0 Å². The molecule has 2 aromatic rings. The van der Waals surface area contributed by atoms with Crippen LogP contribution in [0.15, 0.2) is 35.5 Å². The lowest BCUT2D eigenvalue weighted by atomic mass is 9.96. The van der Waals surface area contributed by atoms with Crippen molar-refractivity contribution in [2.45, 2.75) is 39.7 Å². The number of fused-ring (bicyclic) bond motifs is 1. The number of carbonyl (C=O) groups is 1. The number of ether oxygens (including phenoxy) is 2. The minimum atomic E-state index is -0.454. The monoisotopic (exact) mass is 357 g/mol. The first-order chi connectivity index (χ1) is 12.7. The summed E-state index contributed by atoms with van der Waals surface area (Å²) in [7, 11) is 0. The molecule has 8 heteroatoms. The SMILES string of the molecule is CCCCOc1ccc(C2C(C(=O)OCC)=C(C)Nc3nnnn32)cc1. The van der Waals surface area contributed by atoms with E-state index in [1.807, 2.05) is 31.2 Å². The van der Waals surface area contributed by atoms with Crippen LogP contribution in [0.2, 0.25) is 0 Å². The van der Waals surface area contributed by atoms with Crippen molar-refractivity contribution in [3.63, 3.8) is 0 Å². The second-order valence-corrected chi connectivity index (χ2v) is 6.00. The van der Waals surface area contributed by atoms with Gasteiger partial charge in [-0.2, -0.15) is 4.68 Å². The molecule has 138 valence electrons. The molecule has 1 aromatic carbocycles. The molecule has 1 aliphatic heterocycles. The van der Waals surface area contributed by atoms with E-state index in [2.05, 4.69) is 27.8 Å². The molecule has 0 amide bonds. The Hall–Kier alpha value is -2.90. The van der Waals surface area contributed by atoms with Gasteiger partial charge in [0.15, 0.2) is 0 Å². The van der Waals surface area contributed by atoms with Crippen molar-refractivity contribution in [3.8, 4) is 5.75 Å². The lowest BCUT2D eigenvalue weighted by Gasteiger charge is -2.27. The van der Waals surface area contributed by atoms with Crippen molar-refractivity contribution in [2.24, 2.45) is 0 Å². The summed E-state index contributed by atoms with van der Waals surface area (Å²) in [6, 6.07) is 7.19. The van der Waals surface area contributed by atoms with Crippen LogP contribution in [0.4, 0.5) is 5.95 Å². The van der Waals surface area contributed by atoms with E-state index in [9.17, 15) is 4.79 Å². The summed E-state index contributed by atoms with van der Waals surface area (Å²) in [5.41, 5.74) is 2.05. The average Bonchev–Trinajstić information content (AvgIpc) is 3.09. The zero-order valence-corrected chi connectivity index (χ0v) is 15.2. The van der Waals surface area contributed by atoms with Gasteiger partial charge in [-0.1, -0.05) is 30.6 Å². The van der Waals surface area contributed by atoms with Crippen LogP contribution in [0.3, 0.4) is 0 Å². The van der Waals surface area contributed by atoms with E-state index in [4.69, 9.17) is 9.47 Å². The molecule has 2 heterocycles. The highest BCUT2D eigenvalue weighted by Gasteiger charge is 2.34. The topological polar surface area (TPSA) is 91.2 Å². The lowest BCUT2D eigenvalue weighted by molar-refractivity contribution is -0.139. The quantitative estimate of drug-likeness (QED) is 0.602. The lowest BCUT2D eigenvalue weighted by Crippen LogP contribution is -2.29. The number of allylic oxidation sites excluding steroid dienone is 1. The predicted octanol–water partition coefficient (Wildman–Crippen LogP) is 2.70. The van der Waals surface area contributed by atoms with Gasteiger partial charge in [0, 0.05) is 5.70 Å². The van der Waals surface area contributed by atoms with Crippen LogP contribution in [-0.4, -0.2) is 39.4 Å². The molecule has 1 atom stereocenters. The Morgan fingerprint density at radius 1 is 1.27 bits per heavy atom. The smallest absolute Gasteiger partial charge is 0.338 e. The van der Waals surface area contributed by atoms with Gasteiger partial charge in [0.1, 0.15) is 11.8 Å². The Morgan fingerprint density at radius 2 is 2.04 bits per heavy atom. The molecule has 0 radical (unpaired) electrons. The molecule has 1 N–H and O–H groups in total. The first-order valence-electron chi connectivity index (χ1n) is 8.81. The van der Waals surface area contributed by atoms with Gasteiger partial charge in [-0.15, -0.1) is 0 Å². The fraction of sp³-hybridized carbons (Fsp3) is 0.444. The summed E-state index contributed by atoms with van der Waals surface area (Å²) in [6.45, 7) is 6.71. The molecule has 0 spiro atoms. The summed E-state index contributed by atoms with van der Waals surface area (Å²) in [5.74, 6) is 0.905. The van der Waals surface area contributed by atoms with Crippen LogP contribution in [0.1, 0.15) is 45.2 Å². The van der Waals surface area contributed by atoms with Crippen molar-refractivity contribution in [2.75, 3.05) is 18.5 Å². The highest BCUT2D eigenvalue weighted by Crippen LogP contribution is 2.35. The highest BCUT2D eigenvalue weighted by atomic mass is 16.5. The fourth-order valence-electron chi connectivity index (χ4n) is 2.87. The maximum Gasteiger partial charge on any atom is 0.338 e. The number of anilines is 1. The molecule has 26 heavy (non-hydrogen) atoms. The van der Waals surface area contributed by atoms with E-state index < -0.39 is 6.04 Å². The summed E-state index contributed by atoms with van der Waals surface area (Å²) in [4.78, 5) is 12.5. The number of hydrogen-bond donors (Lipinski definition) is 1. The van der Waals surface area contributed by atoms with Gasteiger partial charge in [-0.3, -0.25) is 0 Å². The van der Waals surface area contributed by atoms with Crippen molar-refractivity contribution in [1.82, 2.24) is 20.2 Å². The molecule has 0 saturated heterocycles. The molecular weight excluding hydrogens is 334 g/mol. The second kappa shape index (κ2) is 7.99. The predicted molar refractivity (Wildman–Crippen MR) is 95.8 cm³/mol. The molecule has 0 fully saturated rings. The normalized spacial score (nSPS) is 16.0. The molecule has 0 bridgehead atoms. The number of esters is 1. The third kappa shape index (κ3) is 3.54. The minimum Gasteiger partial charge on any atom is -0.494 e. The zero-order chi connectivity index (χ0) is 18.5. The number of unbranched alkanes of at least 4 members (excludes halogenated alkanes) is 1. The van der Waals surface area contributed by atoms with Crippen molar-refractivity contribution in [1.29, 1.82) is 0 Å². The molecule has 0 saturated carbocycles. The number of nitrogens with zero attached hydrogens (tertiary/aromatic N) is 4. The van der Waals surface area contributed by atoms with Crippen LogP contribution in [-0.2, 0) is 9.53 Å². The van der Waals surface area contributed by atoms with Crippen molar-refractivity contribution in [3.05, 3.63) is 41.1 Å². The van der Waals surface area contributed by atoms with E-state index >= 15 is 0 Å². The van der Waals surface area contributed by atoms with Crippen LogP contribution < -0.4 is 10.1 Å². The van der Waals surface area contributed by atoms with Crippen molar-refractivity contribution >= 4 is 11.9 Å². The largest absolute Gasteiger partial charge is 0.494 e. The Labute approximate surface area is 152 Å². The second-order valence-electron chi connectivity index (χ2n) is 6.00. The van der Waals surface area contributed by atoms with E-state index in [0.717, 1.165) is 24.2 Å². The molecule has 1 unspecified atom stereocenters. The molecule has 0 aliphatic carbocycles. The van der Waals surface area contributed by atoms with Gasteiger partial charge >= 0.3 is 5.97 Å². The number of rotatable bonds is 7. The Bertz CT molecular complexity index is 797. The van der Waals surface area contributed by atoms with Gasteiger partial charge in [-0.05, 0) is 48.4 Å². The highest BCUT2D eigenvalue weighted by molar-refractivity contribution is 5.92. The Kier molecular flexibility index (Phi) is 5.50. The Balaban J connectivity index is 1.93. The summed E-state index contributed by atoms with van der Waals surface area (Å²) >= 11 is 0. The summed E-state index contributed by atoms with van der Waals surface area (Å²) < 4.78 is 12.5. The Morgan fingerprint density at radius 3 is 2.73 bits per heavy atom. The fourth-order valence-corrected chi connectivity index (χ4v) is 2.87. The summed E-state index contributed by atoms with van der Waals surface area (Å²) in [6.07, 6.45) is 2.10. The minimum absolute atomic E-state index is 0.301. The standard InChI is InChI=1S/C18H23N5O3/c1-4-6-11-26-14-9-7-13(8-10-14)16-15(17(24)25-5-2)12(3)19-18-20-21-22-23(16)18/h7-10,16H,4-6,11H2,1-3H3,(H,19,20,22). The van der Waals surface area contributed by atoms with Gasteiger partial charge in [0.25, 0.3) is 0 Å². The molecule has 8 nitrogen and oxygen atoms in total. The molecular formula is C18H23N5O3. The number of tetrazole rings is 1. The average molecular weight is 357 g/mol. The van der Waals surface area contributed by atoms with E-state index in [1.54, 1.807) is 11.6 Å². The number of aromatic nitrogens is 4. The van der Waals surface area contributed by atoms with Gasteiger partial charge in [0.2, 0.25) is 5.95 Å². The molecule has 3 rings (SSSR count). The van der Waals surface area contributed by atoms with Gasteiger partial charge in [0.05, 0.1) is 18.8 Å². The molecule has 1 aromatic heterocycles. The molecule has 1 aliphatic rings.